The van der Waals surface area contributed by atoms with Crippen LogP contribution in [0.5, 0.6) is 0 Å². The largest absolute Gasteiger partial charge is 0.332 e. The molecule has 0 radical (unpaired) electrons. The first-order chi connectivity index (χ1) is 10.8. The predicted octanol–water partition coefficient (Wildman–Crippen LogP) is 4.84. The van der Waals surface area contributed by atoms with Crippen molar-refractivity contribution in [3.63, 3.8) is 0 Å². The molecule has 0 unspecified atom stereocenters. The lowest BCUT2D eigenvalue weighted by atomic mass is 10.2. The molecule has 1 N–H and O–H groups in total. The lowest BCUT2D eigenvalue weighted by Gasteiger charge is -2.09. The Balaban J connectivity index is 2.18. The highest BCUT2D eigenvalue weighted by atomic mass is 32.1. The summed E-state index contributed by atoms with van der Waals surface area (Å²) in [6.07, 6.45) is 0. The number of aromatic amines is 1. The second-order valence-electron chi connectivity index (χ2n) is 4.73. The summed E-state index contributed by atoms with van der Waals surface area (Å²) in [6.45, 7) is 0. The van der Waals surface area contributed by atoms with Crippen molar-refractivity contribution in [2.45, 2.75) is 0 Å². The maximum absolute atomic E-state index is 12.6. The Hall–Kier alpha value is -2.02. The molecule has 0 aliphatic heterocycles. The first kappa shape index (κ1) is 13.6. The number of para-hydroxylation sites is 1. The number of thiophene rings is 2. The normalized spacial score (nSPS) is 11.1. The maximum Gasteiger partial charge on any atom is 0.290 e. The van der Waals surface area contributed by atoms with Gasteiger partial charge in [0, 0.05) is 21.5 Å². The quantitative estimate of drug-likeness (QED) is 0.529. The van der Waals surface area contributed by atoms with E-state index in [1.807, 2.05) is 41.8 Å². The molecule has 0 bridgehead atoms. The van der Waals surface area contributed by atoms with Crippen LogP contribution in [0.4, 0.5) is 0 Å². The van der Waals surface area contributed by atoms with Gasteiger partial charge in [0.2, 0.25) is 0 Å². The summed E-state index contributed by atoms with van der Waals surface area (Å²) in [4.78, 5) is 17.7. The molecule has 0 saturated carbocycles. The summed E-state index contributed by atoms with van der Waals surface area (Å²) in [6, 6.07) is 13.7. The Morgan fingerprint density at radius 2 is 1.86 bits per heavy atom. The number of nitrogens with one attached hydrogen (secondary N) is 1. The van der Waals surface area contributed by atoms with Gasteiger partial charge in [0.05, 0.1) is 5.52 Å². The third-order valence-electron chi connectivity index (χ3n) is 3.41. The number of aromatic nitrogens is 2. The van der Waals surface area contributed by atoms with Gasteiger partial charge in [0.15, 0.2) is 4.64 Å². The minimum absolute atomic E-state index is 0.190. The molecule has 1 aromatic carbocycles. The smallest absolute Gasteiger partial charge is 0.290 e. The Kier molecular flexibility index (Phi) is 3.29. The number of hydrogen-bond acceptors (Lipinski definition) is 4. The number of fused-ring (bicyclic) bond motifs is 1. The van der Waals surface area contributed by atoms with Crippen LogP contribution in [-0.2, 0) is 0 Å². The van der Waals surface area contributed by atoms with E-state index in [-0.39, 0.29) is 10.2 Å². The van der Waals surface area contributed by atoms with Gasteiger partial charge in [-0.3, -0.25) is 9.36 Å². The van der Waals surface area contributed by atoms with Crippen LogP contribution in [0.3, 0.4) is 0 Å². The molecular weight excluding hydrogens is 332 g/mol. The van der Waals surface area contributed by atoms with Gasteiger partial charge < -0.3 is 4.98 Å². The summed E-state index contributed by atoms with van der Waals surface area (Å²) in [5.74, 6) is 0. The highest BCUT2D eigenvalue weighted by Gasteiger charge is 2.15. The molecule has 3 nitrogen and oxygen atoms in total. The molecule has 3 aromatic heterocycles. The van der Waals surface area contributed by atoms with Crippen molar-refractivity contribution in [1.82, 2.24) is 9.55 Å². The second-order valence-corrected chi connectivity index (χ2v) is 6.97. The SMILES string of the molecule is O=c1c(=S)[nH]c2scc(-c3cccs3)c2n1-c1ccccc1. The summed E-state index contributed by atoms with van der Waals surface area (Å²) >= 11 is 8.43. The molecule has 4 rings (SSSR count). The molecule has 0 atom stereocenters. The van der Waals surface area contributed by atoms with Crippen molar-refractivity contribution in [1.29, 1.82) is 0 Å². The van der Waals surface area contributed by atoms with Gasteiger partial charge in [-0.15, -0.1) is 22.7 Å². The maximum atomic E-state index is 12.6. The molecular formula is C16H10N2OS3. The number of hydrogen-bond donors (Lipinski definition) is 1. The molecule has 0 saturated heterocycles. The fourth-order valence-electron chi connectivity index (χ4n) is 2.45. The highest BCUT2D eigenvalue weighted by molar-refractivity contribution is 7.71. The Morgan fingerprint density at radius 3 is 2.59 bits per heavy atom. The summed E-state index contributed by atoms with van der Waals surface area (Å²) < 4.78 is 1.94. The minimum atomic E-state index is -0.190. The van der Waals surface area contributed by atoms with Gasteiger partial charge in [-0.2, -0.15) is 0 Å². The van der Waals surface area contributed by atoms with E-state index in [0.717, 1.165) is 26.5 Å². The summed E-state index contributed by atoms with van der Waals surface area (Å²) in [5.41, 5.74) is 2.58. The molecule has 108 valence electrons. The monoisotopic (exact) mass is 342 g/mol. The molecule has 0 aliphatic rings. The second kappa shape index (κ2) is 5.31. The highest BCUT2D eigenvalue weighted by Crippen LogP contribution is 2.35. The lowest BCUT2D eigenvalue weighted by molar-refractivity contribution is 1.01. The van der Waals surface area contributed by atoms with Crippen LogP contribution in [0.2, 0.25) is 0 Å². The molecule has 0 amide bonds. The zero-order chi connectivity index (χ0) is 15.1. The van der Waals surface area contributed by atoms with Crippen LogP contribution in [0, 0.1) is 4.64 Å². The van der Waals surface area contributed by atoms with Crippen molar-refractivity contribution in [3.8, 4) is 16.1 Å². The molecule has 3 heterocycles. The van der Waals surface area contributed by atoms with E-state index >= 15 is 0 Å². The molecule has 0 fully saturated rings. The molecule has 4 aromatic rings. The van der Waals surface area contributed by atoms with E-state index in [1.165, 1.54) is 0 Å². The molecule has 0 spiro atoms. The predicted molar refractivity (Wildman–Crippen MR) is 95.9 cm³/mol. The van der Waals surface area contributed by atoms with Crippen LogP contribution < -0.4 is 5.56 Å². The minimum Gasteiger partial charge on any atom is -0.332 e. The average molecular weight is 342 g/mol. The van der Waals surface area contributed by atoms with E-state index in [9.17, 15) is 4.79 Å². The van der Waals surface area contributed by atoms with Crippen LogP contribution in [-0.4, -0.2) is 9.55 Å². The topological polar surface area (TPSA) is 37.8 Å². The van der Waals surface area contributed by atoms with Crippen LogP contribution in [0.25, 0.3) is 26.5 Å². The molecule has 0 aliphatic carbocycles. The van der Waals surface area contributed by atoms with Gasteiger partial charge in [-0.25, -0.2) is 0 Å². The Labute approximate surface area is 139 Å². The van der Waals surface area contributed by atoms with Crippen LogP contribution in [0.1, 0.15) is 0 Å². The number of H-pyrrole nitrogens is 1. The zero-order valence-electron chi connectivity index (χ0n) is 11.3. The van der Waals surface area contributed by atoms with Crippen molar-refractivity contribution in [2.75, 3.05) is 0 Å². The number of nitrogens with zero attached hydrogens (tertiary/aromatic N) is 1. The average Bonchev–Trinajstić information content (AvgIpc) is 3.18. The van der Waals surface area contributed by atoms with E-state index in [4.69, 9.17) is 12.2 Å². The van der Waals surface area contributed by atoms with Gasteiger partial charge in [0.25, 0.3) is 5.56 Å². The number of rotatable bonds is 2. The van der Waals surface area contributed by atoms with Crippen LogP contribution >= 0.6 is 34.9 Å². The van der Waals surface area contributed by atoms with Gasteiger partial charge in [-0.05, 0) is 23.6 Å². The third-order valence-corrected chi connectivity index (χ3v) is 5.48. The van der Waals surface area contributed by atoms with Gasteiger partial charge in [-0.1, -0.05) is 36.5 Å². The van der Waals surface area contributed by atoms with Crippen molar-refractivity contribution in [2.24, 2.45) is 0 Å². The standard InChI is InChI=1S/C16H10N2OS3/c19-16-14(20)17-15-13(18(16)10-5-2-1-3-6-10)11(9-22-15)12-7-4-8-21-12/h1-9H,(H,17,20). The summed E-state index contributed by atoms with van der Waals surface area (Å²) in [7, 11) is 0. The first-order valence-corrected chi connectivity index (χ1v) is 8.78. The van der Waals surface area contributed by atoms with Crippen molar-refractivity contribution < 1.29 is 0 Å². The fraction of sp³-hybridized carbons (Fsp3) is 0. The van der Waals surface area contributed by atoms with E-state index in [1.54, 1.807) is 27.2 Å². The lowest BCUT2D eigenvalue weighted by Crippen LogP contribution is -2.20. The third kappa shape index (κ3) is 2.08. The molecule has 22 heavy (non-hydrogen) atoms. The first-order valence-electron chi connectivity index (χ1n) is 6.61. The van der Waals surface area contributed by atoms with Gasteiger partial charge in [0.1, 0.15) is 4.83 Å². The van der Waals surface area contributed by atoms with E-state index in [0.29, 0.717) is 0 Å². The van der Waals surface area contributed by atoms with Gasteiger partial charge >= 0.3 is 0 Å². The summed E-state index contributed by atoms with van der Waals surface area (Å²) in [5, 5.41) is 4.11. The molecule has 6 heteroatoms. The fourth-order valence-corrected chi connectivity index (χ4v) is 4.48. The van der Waals surface area contributed by atoms with E-state index < -0.39 is 0 Å². The van der Waals surface area contributed by atoms with E-state index in [2.05, 4.69) is 16.4 Å². The van der Waals surface area contributed by atoms with Crippen LogP contribution in [0.15, 0.2) is 58.0 Å². The zero-order valence-corrected chi connectivity index (χ0v) is 13.7. The Morgan fingerprint density at radius 1 is 1.05 bits per heavy atom. The van der Waals surface area contributed by atoms with Crippen molar-refractivity contribution >= 4 is 45.2 Å². The Bertz CT molecular complexity index is 1060. The van der Waals surface area contributed by atoms with Crippen molar-refractivity contribution in [3.05, 3.63) is 68.2 Å². The number of benzene rings is 1.